The molecule has 0 atom stereocenters. The molecule has 4 heteroatoms. The standard InChI is InChI=1S/C30H31FN2O/c31-25-12-14-26(15-13-25)33-27(21-23-7-2-4-11-29(23)33)9-5-6-18-32-19-16-30(17-20-32)28-10-3-1-8-24(28)22-34-30/h1-4,7-8,10-15,21H,5-6,9,16-20,22H2. The Bertz CT molecular complexity index is 1280. The molecule has 3 nitrogen and oxygen atoms in total. The first kappa shape index (κ1) is 21.6. The molecule has 2 aliphatic rings. The van der Waals surface area contributed by atoms with E-state index in [-0.39, 0.29) is 11.4 Å². The fourth-order valence-corrected chi connectivity index (χ4v) is 5.87. The van der Waals surface area contributed by atoms with Crippen LogP contribution in [0, 0.1) is 5.82 Å². The zero-order valence-corrected chi connectivity index (χ0v) is 19.6. The highest BCUT2D eigenvalue weighted by Crippen LogP contribution is 2.44. The monoisotopic (exact) mass is 454 g/mol. The third-order valence-electron chi connectivity index (χ3n) is 7.70. The van der Waals surface area contributed by atoms with Gasteiger partial charge in [-0.05, 0) is 86.2 Å². The zero-order valence-electron chi connectivity index (χ0n) is 19.6. The van der Waals surface area contributed by atoms with Gasteiger partial charge in [0.2, 0.25) is 0 Å². The van der Waals surface area contributed by atoms with Crippen LogP contribution in [-0.2, 0) is 23.4 Å². The summed E-state index contributed by atoms with van der Waals surface area (Å²) in [7, 11) is 0. The molecule has 1 fully saturated rings. The Hall–Kier alpha value is -2.95. The summed E-state index contributed by atoms with van der Waals surface area (Å²) in [6.45, 7) is 4.10. The second kappa shape index (κ2) is 9.01. The summed E-state index contributed by atoms with van der Waals surface area (Å²) in [5.41, 5.74) is 6.23. The molecule has 2 aliphatic heterocycles. The van der Waals surface area contributed by atoms with Gasteiger partial charge in [0.15, 0.2) is 0 Å². The number of likely N-dealkylation sites (tertiary alicyclic amines) is 1. The van der Waals surface area contributed by atoms with E-state index < -0.39 is 0 Å². The minimum Gasteiger partial charge on any atom is -0.365 e. The lowest BCUT2D eigenvalue weighted by Gasteiger charge is -2.39. The second-order valence-electron chi connectivity index (χ2n) is 9.75. The summed E-state index contributed by atoms with van der Waals surface area (Å²) in [5, 5.41) is 1.24. The number of hydrogen-bond acceptors (Lipinski definition) is 2. The molecule has 3 aromatic carbocycles. The molecule has 4 aromatic rings. The van der Waals surface area contributed by atoms with Crippen LogP contribution in [-0.4, -0.2) is 29.1 Å². The molecule has 6 rings (SSSR count). The molecule has 0 saturated carbocycles. The Morgan fingerprint density at radius 3 is 2.47 bits per heavy atom. The van der Waals surface area contributed by atoms with Crippen molar-refractivity contribution in [3.05, 3.63) is 102 Å². The highest BCUT2D eigenvalue weighted by atomic mass is 19.1. The van der Waals surface area contributed by atoms with Crippen molar-refractivity contribution in [1.82, 2.24) is 9.47 Å². The van der Waals surface area contributed by atoms with E-state index in [1.165, 1.54) is 34.1 Å². The van der Waals surface area contributed by atoms with Crippen LogP contribution in [0.15, 0.2) is 78.9 Å². The SMILES string of the molecule is Fc1ccc(-n2c(CCCCN3CCC4(CC3)OCc3ccccc34)cc3ccccc32)cc1. The van der Waals surface area contributed by atoms with Crippen molar-refractivity contribution in [2.45, 2.75) is 44.3 Å². The van der Waals surface area contributed by atoms with E-state index in [0.29, 0.717) is 0 Å². The van der Waals surface area contributed by atoms with Crippen molar-refractivity contribution in [2.75, 3.05) is 19.6 Å². The fourth-order valence-electron chi connectivity index (χ4n) is 5.87. The predicted octanol–water partition coefficient (Wildman–Crippen LogP) is 6.61. The van der Waals surface area contributed by atoms with E-state index in [9.17, 15) is 4.39 Å². The maximum atomic E-state index is 13.5. The molecule has 1 aromatic heterocycles. The normalized spacial score (nSPS) is 17.4. The molecule has 34 heavy (non-hydrogen) atoms. The summed E-state index contributed by atoms with van der Waals surface area (Å²) < 4.78 is 22.1. The quantitative estimate of drug-likeness (QED) is 0.305. The van der Waals surface area contributed by atoms with Crippen molar-refractivity contribution in [3.63, 3.8) is 0 Å². The maximum absolute atomic E-state index is 13.5. The van der Waals surface area contributed by atoms with Gasteiger partial charge in [0.05, 0.1) is 17.7 Å². The molecule has 0 aliphatic carbocycles. The summed E-state index contributed by atoms with van der Waals surface area (Å²) >= 11 is 0. The number of benzene rings is 3. The van der Waals surface area contributed by atoms with Crippen LogP contribution in [0.4, 0.5) is 4.39 Å². The maximum Gasteiger partial charge on any atom is 0.123 e. The predicted molar refractivity (Wildman–Crippen MR) is 135 cm³/mol. The van der Waals surface area contributed by atoms with E-state index in [2.05, 4.69) is 64.1 Å². The minimum absolute atomic E-state index is 0.0524. The smallest absolute Gasteiger partial charge is 0.123 e. The first-order valence-electron chi connectivity index (χ1n) is 12.5. The Morgan fingerprint density at radius 1 is 0.853 bits per heavy atom. The Morgan fingerprint density at radius 2 is 1.62 bits per heavy atom. The summed E-state index contributed by atoms with van der Waals surface area (Å²) in [5.74, 6) is -0.198. The van der Waals surface area contributed by atoms with E-state index in [1.54, 1.807) is 12.1 Å². The largest absolute Gasteiger partial charge is 0.365 e. The highest BCUT2D eigenvalue weighted by Gasteiger charge is 2.42. The summed E-state index contributed by atoms with van der Waals surface area (Å²) in [6.07, 6.45) is 5.50. The number of unbranched alkanes of at least 4 members (excludes halogenated alkanes) is 1. The Balaban J connectivity index is 1.08. The lowest BCUT2D eigenvalue weighted by molar-refractivity contribution is -0.0788. The third kappa shape index (κ3) is 3.95. The lowest BCUT2D eigenvalue weighted by Crippen LogP contribution is -2.42. The highest BCUT2D eigenvalue weighted by molar-refractivity contribution is 5.83. The van der Waals surface area contributed by atoms with Crippen LogP contribution in [0.25, 0.3) is 16.6 Å². The molecule has 174 valence electrons. The number of aryl methyl sites for hydroxylation is 1. The number of nitrogens with zero attached hydrogens (tertiary/aromatic N) is 2. The van der Waals surface area contributed by atoms with Gasteiger partial charge in [-0.1, -0.05) is 42.5 Å². The summed E-state index contributed by atoms with van der Waals surface area (Å²) in [4.78, 5) is 2.60. The zero-order chi connectivity index (χ0) is 23.0. The van der Waals surface area contributed by atoms with Crippen LogP contribution in [0.5, 0.6) is 0 Å². The van der Waals surface area contributed by atoms with Gasteiger partial charge in [-0.15, -0.1) is 0 Å². The van der Waals surface area contributed by atoms with Gasteiger partial charge in [-0.25, -0.2) is 4.39 Å². The molecule has 0 bridgehead atoms. The molecule has 3 heterocycles. The van der Waals surface area contributed by atoms with Gasteiger partial charge in [0, 0.05) is 29.9 Å². The fraction of sp³-hybridized carbons (Fsp3) is 0.333. The van der Waals surface area contributed by atoms with E-state index in [0.717, 1.165) is 57.6 Å². The van der Waals surface area contributed by atoms with Crippen LogP contribution < -0.4 is 0 Å². The number of fused-ring (bicyclic) bond motifs is 3. The van der Waals surface area contributed by atoms with Gasteiger partial charge < -0.3 is 14.2 Å². The number of para-hydroxylation sites is 1. The number of ether oxygens (including phenoxy) is 1. The van der Waals surface area contributed by atoms with Crippen LogP contribution in [0.2, 0.25) is 0 Å². The van der Waals surface area contributed by atoms with Crippen molar-refractivity contribution in [3.8, 4) is 5.69 Å². The van der Waals surface area contributed by atoms with Gasteiger partial charge in [0.1, 0.15) is 5.82 Å². The molecular weight excluding hydrogens is 423 g/mol. The van der Waals surface area contributed by atoms with E-state index in [1.807, 2.05) is 12.1 Å². The van der Waals surface area contributed by atoms with Crippen molar-refractivity contribution < 1.29 is 9.13 Å². The number of halogens is 1. The Kier molecular flexibility index (Phi) is 5.72. The first-order valence-corrected chi connectivity index (χ1v) is 12.5. The second-order valence-corrected chi connectivity index (χ2v) is 9.75. The molecule has 0 amide bonds. The molecule has 0 unspecified atom stereocenters. The van der Waals surface area contributed by atoms with Crippen molar-refractivity contribution in [2.24, 2.45) is 0 Å². The lowest BCUT2D eigenvalue weighted by atomic mass is 9.84. The number of hydrogen-bond donors (Lipinski definition) is 0. The van der Waals surface area contributed by atoms with E-state index in [4.69, 9.17) is 4.74 Å². The van der Waals surface area contributed by atoms with Crippen LogP contribution >= 0.6 is 0 Å². The van der Waals surface area contributed by atoms with Crippen molar-refractivity contribution in [1.29, 1.82) is 0 Å². The Labute approximate surface area is 200 Å². The van der Waals surface area contributed by atoms with Gasteiger partial charge >= 0.3 is 0 Å². The minimum atomic E-state index is -0.198. The van der Waals surface area contributed by atoms with Gasteiger partial charge in [0.25, 0.3) is 0 Å². The average molecular weight is 455 g/mol. The van der Waals surface area contributed by atoms with Crippen LogP contribution in [0.3, 0.4) is 0 Å². The number of rotatable bonds is 6. The van der Waals surface area contributed by atoms with Gasteiger partial charge in [-0.3, -0.25) is 0 Å². The van der Waals surface area contributed by atoms with Crippen LogP contribution in [0.1, 0.15) is 42.5 Å². The molecule has 0 N–H and O–H groups in total. The third-order valence-corrected chi connectivity index (χ3v) is 7.70. The molecule has 0 radical (unpaired) electrons. The first-order chi connectivity index (χ1) is 16.7. The average Bonchev–Trinajstić information content (AvgIpc) is 3.42. The number of piperidine rings is 1. The van der Waals surface area contributed by atoms with E-state index >= 15 is 0 Å². The topological polar surface area (TPSA) is 17.4 Å². The van der Waals surface area contributed by atoms with Crippen molar-refractivity contribution >= 4 is 10.9 Å². The molecular formula is C30H31FN2O. The molecule has 1 saturated heterocycles. The number of aromatic nitrogens is 1. The summed E-state index contributed by atoms with van der Waals surface area (Å²) in [6, 6.07) is 26.3. The molecule has 1 spiro atoms. The van der Waals surface area contributed by atoms with Gasteiger partial charge in [-0.2, -0.15) is 0 Å².